The fourth-order valence-electron chi connectivity index (χ4n) is 8.67. The first-order chi connectivity index (χ1) is 21.9. The van der Waals surface area contributed by atoms with E-state index >= 15 is 0 Å². The second-order valence-electron chi connectivity index (χ2n) is 14.2. The molecule has 45 heavy (non-hydrogen) atoms. The molecule has 0 radical (unpaired) electrons. The van der Waals surface area contributed by atoms with Crippen LogP contribution in [0.5, 0.6) is 0 Å². The number of halogens is 1. The molecule has 1 aliphatic heterocycles. The first-order valence-electron chi connectivity index (χ1n) is 17.5. The summed E-state index contributed by atoms with van der Waals surface area (Å²) < 4.78 is 24.5. The van der Waals surface area contributed by atoms with Gasteiger partial charge in [-0.3, -0.25) is 9.59 Å². The van der Waals surface area contributed by atoms with Gasteiger partial charge in [0.2, 0.25) is 17.6 Å². The summed E-state index contributed by atoms with van der Waals surface area (Å²) in [6, 6.07) is 6.07. The van der Waals surface area contributed by atoms with Crippen molar-refractivity contribution in [3.63, 3.8) is 0 Å². The summed E-state index contributed by atoms with van der Waals surface area (Å²) in [6.07, 6.45) is 15.3. The highest BCUT2D eigenvalue weighted by atomic mass is 19.1. The number of nitrogens with one attached hydrogen (secondary N) is 1. The van der Waals surface area contributed by atoms with Crippen LogP contribution in [0, 0.1) is 29.6 Å². The van der Waals surface area contributed by atoms with E-state index in [1.807, 2.05) is 11.0 Å². The number of alkyl halides is 1. The van der Waals surface area contributed by atoms with E-state index in [2.05, 4.69) is 5.32 Å². The van der Waals surface area contributed by atoms with E-state index in [0.29, 0.717) is 54.5 Å². The highest BCUT2D eigenvalue weighted by Crippen LogP contribution is 2.41. The zero-order valence-electron chi connectivity index (χ0n) is 26.5. The topological polar surface area (TPSA) is 115 Å². The second-order valence-corrected chi connectivity index (χ2v) is 14.2. The minimum absolute atomic E-state index is 0.0578. The number of ether oxygens (including phenoxy) is 1. The van der Waals surface area contributed by atoms with E-state index < -0.39 is 24.7 Å². The van der Waals surface area contributed by atoms with Crippen LogP contribution >= 0.6 is 0 Å². The number of nitrogens with zero attached hydrogens (tertiary/aromatic N) is 1. The van der Waals surface area contributed by atoms with Crippen LogP contribution in [-0.4, -0.2) is 54.6 Å². The maximum atomic E-state index is 14.1. The number of hydrogen-bond donors (Lipinski definition) is 2. The third kappa shape index (κ3) is 7.39. The smallest absolute Gasteiger partial charge is 0.374 e. The second kappa shape index (κ2) is 14.7. The van der Waals surface area contributed by atoms with E-state index in [4.69, 9.17) is 14.9 Å². The lowest BCUT2D eigenvalue weighted by molar-refractivity contribution is -0.142. The summed E-state index contributed by atoms with van der Waals surface area (Å²) in [6.45, 7) is 0.481. The van der Waals surface area contributed by atoms with Crippen molar-refractivity contribution in [1.82, 2.24) is 4.90 Å². The number of furan rings is 1. The van der Waals surface area contributed by atoms with Crippen LogP contribution in [0.2, 0.25) is 0 Å². The first kappa shape index (κ1) is 32.0. The molecule has 3 atom stereocenters. The fourth-order valence-corrected chi connectivity index (χ4v) is 8.67. The molecule has 9 heteroatoms. The summed E-state index contributed by atoms with van der Waals surface area (Å²) in [4.78, 5) is 42.6. The summed E-state index contributed by atoms with van der Waals surface area (Å²) >= 11 is 0. The number of amides is 2. The molecule has 3 N–H and O–H groups in total. The van der Waals surface area contributed by atoms with Crippen molar-refractivity contribution in [1.29, 1.82) is 0 Å². The molecule has 0 bridgehead atoms. The van der Waals surface area contributed by atoms with Crippen LogP contribution in [0.15, 0.2) is 28.7 Å². The number of esters is 1. The average Bonchev–Trinajstić information content (AvgIpc) is 3.72. The Morgan fingerprint density at radius 2 is 1.64 bits per heavy atom. The number of fused-ring (bicyclic) bond motifs is 1. The molecule has 8 nitrogen and oxygen atoms in total. The fraction of sp³-hybridized carbons (Fsp3) is 0.694. The summed E-state index contributed by atoms with van der Waals surface area (Å²) in [7, 11) is 0. The average molecular weight is 624 g/mol. The van der Waals surface area contributed by atoms with Gasteiger partial charge in [0.1, 0.15) is 18.3 Å². The normalized spacial score (nSPS) is 27.4. The molecular formula is C36H50FN3O5. The maximum Gasteiger partial charge on any atom is 0.374 e. The van der Waals surface area contributed by atoms with Crippen molar-refractivity contribution >= 4 is 34.4 Å². The lowest BCUT2D eigenvalue weighted by Crippen LogP contribution is -2.50. The summed E-state index contributed by atoms with van der Waals surface area (Å²) in [5, 5.41) is 3.83. The van der Waals surface area contributed by atoms with Crippen LogP contribution in [0.4, 0.5) is 10.1 Å². The van der Waals surface area contributed by atoms with Gasteiger partial charge in [0, 0.05) is 29.6 Å². The van der Waals surface area contributed by atoms with Crippen molar-refractivity contribution in [2.24, 2.45) is 35.3 Å². The molecule has 1 aromatic heterocycles. The SMILES string of the molecule is N[C@H](CF)C1CCC(C(=O)N2CC[C@@H](C3CCCCC3)[C@H]2C(=O)Nc2ccc3oc(C(=O)OCC4CCCCC4)cc3c2)CC1. The zero-order valence-corrected chi connectivity index (χ0v) is 26.5. The van der Waals surface area contributed by atoms with Crippen molar-refractivity contribution in [3.05, 3.63) is 30.0 Å². The van der Waals surface area contributed by atoms with Crippen molar-refractivity contribution in [2.45, 2.75) is 108 Å². The van der Waals surface area contributed by atoms with Gasteiger partial charge in [-0.05, 0) is 92.9 Å². The number of carbonyl (C=O) groups excluding carboxylic acids is 3. The molecule has 2 amide bonds. The van der Waals surface area contributed by atoms with Gasteiger partial charge in [-0.2, -0.15) is 0 Å². The van der Waals surface area contributed by atoms with Crippen molar-refractivity contribution < 1.29 is 27.9 Å². The van der Waals surface area contributed by atoms with Gasteiger partial charge in [0.15, 0.2) is 0 Å². The molecule has 4 fully saturated rings. The Hall–Kier alpha value is -2.94. The highest BCUT2D eigenvalue weighted by Gasteiger charge is 2.47. The van der Waals surface area contributed by atoms with E-state index in [9.17, 15) is 18.8 Å². The summed E-state index contributed by atoms with van der Waals surface area (Å²) in [5.74, 6) is 0.564. The molecule has 0 unspecified atom stereocenters. The molecule has 4 aliphatic rings. The molecule has 3 saturated carbocycles. The van der Waals surface area contributed by atoms with E-state index in [-0.39, 0.29) is 35.3 Å². The van der Waals surface area contributed by atoms with Crippen LogP contribution in [0.1, 0.15) is 107 Å². The predicted molar refractivity (Wildman–Crippen MR) is 171 cm³/mol. The molecule has 246 valence electrons. The van der Waals surface area contributed by atoms with E-state index in [1.54, 1.807) is 18.2 Å². The minimum Gasteiger partial charge on any atom is -0.460 e. The molecule has 1 aromatic carbocycles. The third-order valence-electron chi connectivity index (χ3n) is 11.3. The molecule has 6 rings (SSSR count). The number of carbonyl (C=O) groups is 3. The van der Waals surface area contributed by atoms with Crippen LogP contribution in [0.3, 0.4) is 0 Å². The number of nitrogens with two attached hydrogens (primary N) is 1. The number of benzene rings is 1. The zero-order chi connectivity index (χ0) is 31.3. The van der Waals surface area contributed by atoms with Gasteiger partial charge >= 0.3 is 5.97 Å². The lowest BCUT2D eigenvalue weighted by atomic mass is 9.76. The van der Waals surface area contributed by atoms with Crippen LogP contribution < -0.4 is 11.1 Å². The Morgan fingerprint density at radius 3 is 2.36 bits per heavy atom. The Bertz CT molecular complexity index is 1330. The van der Waals surface area contributed by atoms with Gasteiger partial charge in [-0.1, -0.05) is 51.4 Å². The Labute approximate surface area is 266 Å². The Balaban J connectivity index is 1.14. The van der Waals surface area contributed by atoms with E-state index in [1.165, 1.54) is 38.5 Å². The maximum absolute atomic E-state index is 14.1. The van der Waals surface area contributed by atoms with Crippen molar-refractivity contribution in [3.8, 4) is 0 Å². The van der Waals surface area contributed by atoms with Gasteiger partial charge in [-0.25, -0.2) is 9.18 Å². The lowest BCUT2D eigenvalue weighted by Gasteiger charge is -2.36. The van der Waals surface area contributed by atoms with Gasteiger partial charge in [0.05, 0.1) is 6.61 Å². The number of hydrogen-bond acceptors (Lipinski definition) is 6. The van der Waals surface area contributed by atoms with E-state index in [0.717, 1.165) is 44.9 Å². The van der Waals surface area contributed by atoms with Gasteiger partial charge < -0.3 is 25.1 Å². The molecule has 1 saturated heterocycles. The largest absolute Gasteiger partial charge is 0.460 e. The molecule has 2 aromatic rings. The van der Waals surface area contributed by atoms with Crippen molar-refractivity contribution in [2.75, 3.05) is 25.1 Å². The number of rotatable bonds is 9. The Morgan fingerprint density at radius 1 is 0.933 bits per heavy atom. The van der Waals surface area contributed by atoms with Crippen LogP contribution in [-0.2, 0) is 14.3 Å². The minimum atomic E-state index is -0.531. The molecule has 0 spiro atoms. The summed E-state index contributed by atoms with van der Waals surface area (Å²) in [5.41, 5.74) is 7.13. The monoisotopic (exact) mass is 623 g/mol. The first-order valence-corrected chi connectivity index (χ1v) is 17.5. The highest BCUT2D eigenvalue weighted by molar-refractivity contribution is 6.00. The van der Waals surface area contributed by atoms with Gasteiger partial charge in [-0.15, -0.1) is 0 Å². The van der Waals surface area contributed by atoms with Crippen LogP contribution in [0.25, 0.3) is 11.0 Å². The predicted octanol–water partition coefficient (Wildman–Crippen LogP) is 7.01. The van der Waals surface area contributed by atoms with Gasteiger partial charge in [0.25, 0.3) is 0 Å². The number of likely N-dealkylation sites (tertiary alicyclic amines) is 1. The standard InChI is InChI=1S/C36H50FN3O5/c37-21-30(38)25-11-13-26(14-12-25)35(42)40-18-17-29(24-9-5-2-6-10-24)33(40)34(41)39-28-15-16-31-27(19-28)20-32(45-31)36(43)44-22-23-7-3-1-4-8-23/h15-16,19-20,23-26,29-30,33H,1-14,17-18,21-22,38H2,(H,39,41)/t25?,26?,29-,30+,33-/m0/s1. The third-order valence-corrected chi connectivity index (χ3v) is 11.3. The number of anilines is 1. The molecule has 3 aliphatic carbocycles. The Kier molecular flexibility index (Phi) is 10.4. The quantitative estimate of drug-likeness (QED) is 0.291. The molecule has 2 heterocycles. The molecular weight excluding hydrogens is 573 g/mol.